The molecule has 1 saturated heterocycles. The summed E-state index contributed by atoms with van der Waals surface area (Å²) in [6.07, 6.45) is 5.46. The number of aromatic nitrogens is 1. The minimum atomic E-state index is -0.0454. The minimum Gasteiger partial charge on any atom is -0.332 e. The molecule has 1 amide bonds. The first kappa shape index (κ1) is 14.4. The lowest BCUT2D eigenvalue weighted by Crippen LogP contribution is -2.30. The van der Waals surface area contributed by atoms with Crippen molar-refractivity contribution in [1.82, 2.24) is 9.88 Å². The molecule has 0 N–H and O–H groups in total. The summed E-state index contributed by atoms with van der Waals surface area (Å²) >= 11 is 12.0. The lowest BCUT2D eigenvalue weighted by molar-refractivity contribution is 0.0736. The third-order valence-corrected chi connectivity index (χ3v) is 4.31. The van der Waals surface area contributed by atoms with E-state index in [0.717, 1.165) is 24.9 Å². The van der Waals surface area contributed by atoms with Crippen molar-refractivity contribution < 1.29 is 4.79 Å². The molecule has 1 fully saturated rings. The van der Waals surface area contributed by atoms with Gasteiger partial charge in [0.1, 0.15) is 0 Å². The van der Waals surface area contributed by atoms with E-state index in [0.29, 0.717) is 15.6 Å². The number of halogens is 2. The molecule has 5 heteroatoms. The molecule has 21 heavy (non-hydrogen) atoms. The van der Waals surface area contributed by atoms with Crippen LogP contribution in [0.1, 0.15) is 34.8 Å². The Bertz CT molecular complexity index is 661. The lowest BCUT2D eigenvalue weighted by atomic mass is 10.1. The van der Waals surface area contributed by atoms with E-state index >= 15 is 0 Å². The van der Waals surface area contributed by atoms with Gasteiger partial charge in [-0.05, 0) is 48.7 Å². The van der Waals surface area contributed by atoms with Gasteiger partial charge in [0.2, 0.25) is 0 Å². The first-order valence-electron chi connectivity index (χ1n) is 6.83. The van der Waals surface area contributed by atoms with Crippen molar-refractivity contribution in [2.45, 2.75) is 18.9 Å². The summed E-state index contributed by atoms with van der Waals surface area (Å²) in [5, 5.41) is 0.927. The highest BCUT2D eigenvalue weighted by molar-refractivity contribution is 6.36. The molecule has 1 aliphatic heterocycles. The van der Waals surface area contributed by atoms with Gasteiger partial charge in [0.05, 0.1) is 16.6 Å². The van der Waals surface area contributed by atoms with Gasteiger partial charge in [-0.3, -0.25) is 9.78 Å². The van der Waals surface area contributed by atoms with Gasteiger partial charge in [-0.25, -0.2) is 0 Å². The van der Waals surface area contributed by atoms with Crippen LogP contribution in [0.15, 0.2) is 42.7 Å². The number of amides is 1. The Balaban J connectivity index is 1.90. The normalized spacial score (nSPS) is 18.0. The van der Waals surface area contributed by atoms with Crippen molar-refractivity contribution in [2.75, 3.05) is 6.54 Å². The fourth-order valence-corrected chi connectivity index (χ4v) is 3.25. The number of pyridine rings is 1. The van der Waals surface area contributed by atoms with Crippen LogP contribution in [0.4, 0.5) is 0 Å². The van der Waals surface area contributed by atoms with Crippen LogP contribution in [-0.4, -0.2) is 22.3 Å². The maximum atomic E-state index is 12.7. The molecular formula is C16H14Cl2N2O. The molecule has 2 heterocycles. The number of nitrogens with zero attached hydrogens (tertiary/aromatic N) is 2. The Hall–Kier alpha value is -1.58. The largest absolute Gasteiger partial charge is 0.332 e. The van der Waals surface area contributed by atoms with E-state index < -0.39 is 0 Å². The summed E-state index contributed by atoms with van der Waals surface area (Å²) in [5.74, 6) is -0.0454. The number of benzene rings is 1. The standard InChI is InChI=1S/C16H14Cl2N2O/c17-12-3-4-13(14(18)10-12)16(21)20-9-1-2-15(20)11-5-7-19-8-6-11/h3-8,10,15H,1-2,9H2. The summed E-state index contributed by atoms with van der Waals surface area (Å²) in [6.45, 7) is 0.741. The highest BCUT2D eigenvalue weighted by Gasteiger charge is 2.31. The quantitative estimate of drug-likeness (QED) is 0.823. The van der Waals surface area contributed by atoms with Crippen molar-refractivity contribution in [2.24, 2.45) is 0 Å². The third kappa shape index (κ3) is 2.89. The molecular weight excluding hydrogens is 307 g/mol. The number of carbonyl (C=O) groups is 1. The number of hydrogen-bond acceptors (Lipinski definition) is 2. The van der Waals surface area contributed by atoms with Crippen LogP contribution in [0.3, 0.4) is 0 Å². The topological polar surface area (TPSA) is 33.2 Å². The Morgan fingerprint density at radius 2 is 1.95 bits per heavy atom. The Morgan fingerprint density at radius 1 is 1.19 bits per heavy atom. The molecule has 1 aromatic heterocycles. The first-order chi connectivity index (χ1) is 10.2. The van der Waals surface area contributed by atoms with Crippen molar-refractivity contribution >= 4 is 29.1 Å². The smallest absolute Gasteiger partial charge is 0.255 e. The summed E-state index contributed by atoms with van der Waals surface area (Å²) in [4.78, 5) is 18.7. The molecule has 0 radical (unpaired) electrons. The second-order valence-electron chi connectivity index (χ2n) is 5.06. The van der Waals surface area contributed by atoms with E-state index in [1.165, 1.54) is 0 Å². The fraction of sp³-hybridized carbons (Fsp3) is 0.250. The summed E-state index contributed by atoms with van der Waals surface area (Å²) in [6, 6.07) is 8.99. The number of likely N-dealkylation sites (tertiary alicyclic amines) is 1. The van der Waals surface area contributed by atoms with Crippen LogP contribution >= 0.6 is 23.2 Å². The van der Waals surface area contributed by atoms with E-state index in [9.17, 15) is 4.79 Å². The van der Waals surface area contributed by atoms with Crippen LogP contribution in [0.5, 0.6) is 0 Å². The van der Waals surface area contributed by atoms with Gasteiger partial charge in [0.25, 0.3) is 5.91 Å². The van der Waals surface area contributed by atoms with Crippen LogP contribution < -0.4 is 0 Å². The fourth-order valence-electron chi connectivity index (χ4n) is 2.76. The van der Waals surface area contributed by atoms with Gasteiger partial charge in [0.15, 0.2) is 0 Å². The van der Waals surface area contributed by atoms with Crippen molar-refractivity contribution in [3.05, 3.63) is 63.9 Å². The maximum Gasteiger partial charge on any atom is 0.255 e. The van der Waals surface area contributed by atoms with E-state index in [-0.39, 0.29) is 11.9 Å². The highest BCUT2D eigenvalue weighted by atomic mass is 35.5. The van der Waals surface area contributed by atoms with Gasteiger partial charge in [-0.1, -0.05) is 23.2 Å². The Morgan fingerprint density at radius 3 is 2.67 bits per heavy atom. The number of hydrogen-bond donors (Lipinski definition) is 0. The summed E-state index contributed by atoms with van der Waals surface area (Å²) in [7, 11) is 0. The minimum absolute atomic E-state index is 0.0454. The SMILES string of the molecule is O=C(c1ccc(Cl)cc1Cl)N1CCCC1c1ccncc1. The molecule has 0 aliphatic carbocycles. The van der Waals surface area contributed by atoms with Crippen LogP contribution in [-0.2, 0) is 0 Å². The molecule has 1 aliphatic rings. The maximum absolute atomic E-state index is 12.7. The van der Waals surface area contributed by atoms with Crippen LogP contribution in [0.2, 0.25) is 10.0 Å². The Kier molecular flexibility index (Phi) is 4.13. The molecule has 108 valence electrons. The Labute approximate surface area is 133 Å². The van der Waals surface area contributed by atoms with Crippen LogP contribution in [0, 0.1) is 0 Å². The first-order valence-corrected chi connectivity index (χ1v) is 7.58. The van der Waals surface area contributed by atoms with Crippen LogP contribution in [0.25, 0.3) is 0 Å². The van der Waals surface area contributed by atoms with Crippen molar-refractivity contribution in [3.63, 3.8) is 0 Å². The predicted molar refractivity (Wildman–Crippen MR) is 83.7 cm³/mol. The van der Waals surface area contributed by atoms with Gasteiger partial charge in [-0.2, -0.15) is 0 Å². The third-order valence-electron chi connectivity index (χ3n) is 3.77. The van der Waals surface area contributed by atoms with E-state index in [4.69, 9.17) is 23.2 Å². The average Bonchev–Trinajstić information content (AvgIpc) is 2.97. The molecule has 0 saturated carbocycles. The zero-order valence-corrected chi connectivity index (χ0v) is 12.8. The summed E-state index contributed by atoms with van der Waals surface area (Å²) < 4.78 is 0. The van der Waals surface area contributed by atoms with Gasteiger partial charge >= 0.3 is 0 Å². The van der Waals surface area contributed by atoms with Gasteiger partial charge in [0, 0.05) is 24.0 Å². The molecule has 0 spiro atoms. The van der Waals surface area contributed by atoms with Crippen molar-refractivity contribution in [1.29, 1.82) is 0 Å². The molecule has 1 aromatic carbocycles. The average molecular weight is 321 g/mol. The zero-order valence-electron chi connectivity index (χ0n) is 11.3. The zero-order chi connectivity index (χ0) is 14.8. The molecule has 3 nitrogen and oxygen atoms in total. The second-order valence-corrected chi connectivity index (χ2v) is 5.90. The second kappa shape index (κ2) is 6.04. The summed E-state index contributed by atoms with van der Waals surface area (Å²) in [5.41, 5.74) is 1.61. The van der Waals surface area contributed by atoms with Gasteiger partial charge in [-0.15, -0.1) is 0 Å². The number of rotatable bonds is 2. The highest BCUT2D eigenvalue weighted by Crippen LogP contribution is 2.34. The molecule has 1 unspecified atom stereocenters. The van der Waals surface area contributed by atoms with E-state index in [1.54, 1.807) is 30.6 Å². The van der Waals surface area contributed by atoms with E-state index in [1.807, 2.05) is 17.0 Å². The number of carbonyl (C=O) groups excluding carboxylic acids is 1. The van der Waals surface area contributed by atoms with E-state index in [2.05, 4.69) is 4.98 Å². The molecule has 1 atom stereocenters. The molecule has 3 rings (SSSR count). The predicted octanol–water partition coefficient (Wildman–Crippen LogP) is 4.37. The molecule has 2 aromatic rings. The van der Waals surface area contributed by atoms with Gasteiger partial charge < -0.3 is 4.90 Å². The molecule has 0 bridgehead atoms. The lowest BCUT2D eigenvalue weighted by Gasteiger charge is -2.25. The van der Waals surface area contributed by atoms with Crippen molar-refractivity contribution in [3.8, 4) is 0 Å². The monoisotopic (exact) mass is 320 g/mol.